The molecule has 2 aliphatic carbocycles. The molecule has 0 aromatic heterocycles. The fourth-order valence-corrected chi connectivity index (χ4v) is 4.78. The predicted molar refractivity (Wildman–Crippen MR) is 101 cm³/mol. The minimum atomic E-state index is -0.670. The first kappa shape index (κ1) is 16.7. The second-order valence-electron chi connectivity index (χ2n) is 6.91. The molecule has 4 rings (SSSR count). The molecule has 0 radical (unpaired) electrons. The molecule has 0 spiro atoms. The van der Waals surface area contributed by atoms with Crippen molar-refractivity contribution in [1.82, 2.24) is 0 Å². The molecule has 2 fully saturated rings. The van der Waals surface area contributed by atoms with Gasteiger partial charge >= 0.3 is 5.97 Å². The van der Waals surface area contributed by atoms with Crippen molar-refractivity contribution in [3.05, 3.63) is 75.3 Å². The van der Waals surface area contributed by atoms with E-state index in [2.05, 4.69) is 0 Å². The molecule has 3 unspecified atom stereocenters. The lowest BCUT2D eigenvalue weighted by molar-refractivity contribution is -0.143. The van der Waals surface area contributed by atoms with Crippen LogP contribution in [0.3, 0.4) is 0 Å². The van der Waals surface area contributed by atoms with Crippen molar-refractivity contribution in [3.63, 3.8) is 0 Å². The smallest absolute Gasteiger partial charge is 0.307 e. The summed E-state index contributed by atoms with van der Waals surface area (Å²) >= 11 is 12.1. The zero-order valence-electron chi connectivity index (χ0n) is 13.6. The van der Waals surface area contributed by atoms with E-state index in [1.54, 1.807) is 0 Å². The number of fused-ring (bicyclic) bond motifs is 2. The zero-order chi connectivity index (χ0) is 17.6. The van der Waals surface area contributed by atoms with Crippen LogP contribution < -0.4 is 0 Å². The van der Waals surface area contributed by atoms with E-state index in [9.17, 15) is 9.90 Å². The summed E-state index contributed by atoms with van der Waals surface area (Å²) in [6.45, 7) is 0. The third-order valence-corrected chi connectivity index (χ3v) is 6.07. The highest BCUT2D eigenvalue weighted by atomic mass is 35.5. The van der Waals surface area contributed by atoms with Gasteiger partial charge in [-0.3, -0.25) is 4.79 Å². The first-order valence-corrected chi connectivity index (χ1v) is 9.29. The summed E-state index contributed by atoms with van der Waals surface area (Å²) in [6.07, 6.45) is 2.79. The van der Waals surface area contributed by atoms with E-state index in [4.69, 9.17) is 23.2 Å². The summed E-state index contributed by atoms with van der Waals surface area (Å²) < 4.78 is 0. The van der Waals surface area contributed by atoms with Gasteiger partial charge in [0, 0.05) is 10.0 Å². The van der Waals surface area contributed by atoms with Crippen molar-refractivity contribution in [2.45, 2.75) is 19.3 Å². The van der Waals surface area contributed by atoms with Gasteiger partial charge in [0.25, 0.3) is 0 Å². The second kappa shape index (κ2) is 6.51. The third-order valence-electron chi connectivity index (χ3n) is 5.56. The van der Waals surface area contributed by atoms with Crippen LogP contribution in [0.1, 0.15) is 30.4 Å². The van der Waals surface area contributed by atoms with E-state index in [0.29, 0.717) is 16.0 Å². The maximum absolute atomic E-state index is 11.7. The first-order chi connectivity index (χ1) is 12.0. The Hall–Kier alpha value is -1.77. The van der Waals surface area contributed by atoms with E-state index < -0.39 is 5.97 Å². The SMILES string of the molecule is O=C(O)C1CC2CCC1C2=C(c1ccc(Cl)cc1)c1ccc(Cl)cc1. The molecule has 2 saturated carbocycles. The molecule has 128 valence electrons. The Balaban J connectivity index is 1.90. The molecular formula is C21H18Cl2O2. The highest BCUT2D eigenvalue weighted by Gasteiger charge is 2.48. The van der Waals surface area contributed by atoms with Crippen LogP contribution in [0.25, 0.3) is 5.57 Å². The van der Waals surface area contributed by atoms with Gasteiger partial charge in [-0.05, 0) is 72.1 Å². The molecule has 0 aliphatic heterocycles. The van der Waals surface area contributed by atoms with E-state index in [0.717, 1.165) is 36.0 Å². The van der Waals surface area contributed by atoms with Crippen molar-refractivity contribution >= 4 is 34.7 Å². The van der Waals surface area contributed by atoms with Crippen LogP contribution in [0, 0.1) is 17.8 Å². The highest BCUT2D eigenvalue weighted by Crippen LogP contribution is 2.55. The number of allylic oxidation sites excluding steroid dienone is 1. The molecule has 2 bridgehead atoms. The third kappa shape index (κ3) is 2.98. The van der Waals surface area contributed by atoms with Gasteiger partial charge in [-0.1, -0.05) is 53.0 Å². The number of halogens is 2. The molecule has 0 amide bonds. The second-order valence-corrected chi connectivity index (χ2v) is 7.78. The Labute approximate surface area is 157 Å². The van der Waals surface area contributed by atoms with Crippen LogP contribution in [0.2, 0.25) is 10.0 Å². The maximum Gasteiger partial charge on any atom is 0.307 e. The van der Waals surface area contributed by atoms with E-state index >= 15 is 0 Å². The van der Waals surface area contributed by atoms with Gasteiger partial charge in [-0.2, -0.15) is 0 Å². The van der Waals surface area contributed by atoms with E-state index in [1.165, 1.54) is 5.57 Å². The van der Waals surface area contributed by atoms with Crippen molar-refractivity contribution in [1.29, 1.82) is 0 Å². The summed E-state index contributed by atoms with van der Waals surface area (Å²) in [7, 11) is 0. The first-order valence-electron chi connectivity index (χ1n) is 8.53. The lowest BCUT2D eigenvalue weighted by Crippen LogP contribution is -2.20. The number of benzene rings is 2. The molecular weight excluding hydrogens is 355 g/mol. The van der Waals surface area contributed by atoms with Gasteiger partial charge < -0.3 is 5.11 Å². The largest absolute Gasteiger partial charge is 0.481 e. The van der Waals surface area contributed by atoms with Gasteiger partial charge in [-0.25, -0.2) is 0 Å². The molecule has 1 N–H and O–H groups in total. The molecule has 3 atom stereocenters. The van der Waals surface area contributed by atoms with Crippen LogP contribution in [0.5, 0.6) is 0 Å². The summed E-state index contributed by atoms with van der Waals surface area (Å²) in [5, 5.41) is 11.0. The topological polar surface area (TPSA) is 37.3 Å². The molecule has 0 saturated heterocycles. The fourth-order valence-electron chi connectivity index (χ4n) is 4.52. The van der Waals surface area contributed by atoms with Crippen molar-refractivity contribution in [2.75, 3.05) is 0 Å². The van der Waals surface area contributed by atoms with Crippen LogP contribution in [-0.4, -0.2) is 11.1 Å². The monoisotopic (exact) mass is 372 g/mol. The number of carboxylic acids is 1. The van der Waals surface area contributed by atoms with Crippen molar-refractivity contribution in [3.8, 4) is 0 Å². The van der Waals surface area contributed by atoms with Crippen LogP contribution in [0.15, 0.2) is 54.1 Å². The number of carboxylic acid groups (broad SMARTS) is 1. The average molecular weight is 373 g/mol. The molecule has 2 aromatic rings. The average Bonchev–Trinajstić information content (AvgIpc) is 3.16. The maximum atomic E-state index is 11.7. The summed E-state index contributed by atoms with van der Waals surface area (Å²) in [4.78, 5) is 11.7. The molecule has 2 aromatic carbocycles. The molecule has 25 heavy (non-hydrogen) atoms. The highest BCUT2D eigenvalue weighted by molar-refractivity contribution is 6.31. The number of hydrogen-bond donors (Lipinski definition) is 1. The Morgan fingerprint density at radius 1 is 0.880 bits per heavy atom. The van der Waals surface area contributed by atoms with Crippen LogP contribution >= 0.6 is 23.2 Å². The number of rotatable bonds is 3. The van der Waals surface area contributed by atoms with Crippen molar-refractivity contribution < 1.29 is 9.90 Å². The molecule has 2 nitrogen and oxygen atoms in total. The summed E-state index contributed by atoms with van der Waals surface area (Å²) in [5.41, 5.74) is 4.64. The number of carbonyl (C=O) groups is 1. The van der Waals surface area contributed by atoms with Gasteiger partial charge in [0.2, 0.25) is 0 Å². The quantitative estimate of drug-likeness (QED) is 0.725. The Kier molecular flexibility index (Phi) is 4.35. The molecule has 2 aliphatic rings. The Bertz CT molecular complexity index is 790. The van der Waals surface area contributed by atoms with Crippen LogP contribution in [-0.2, 0) is 4.79 Å². The minimum absolute atomic E-state index is 0.129. The standard InChI is InChI=1S/C21H18Cl2O2/c22-15-6-1-12(2-7-15)19(13-3-8-16(23)9-4-13)20-14-5-10-17(20)18(11-14)21(24)25/h1-4,6-9,14,17-18H,5,10-11H2,(H,24,25). The summed E-state index contributed by atoms with van der Waals surface area (Å²) in [5.74, 6) is -0.448. The molecule has 0 heterocycles. The molecule has 4 heteroatoms. The fraction of sp³-hybridized carbons (Fsp3) is 0.286. The van der Waals surface area contributed by atoms with Crippen LogP contribution in [0.4, 0.5) is 0 Å². The van der Waals surface area contributed by atoms with Gasteiger partial charge in [0.1, 0.15) is 0 Å². The van der Waals surface area contributed by atoms with Crippen molar-refractivity contribution in [2.24, 2.45) is 17.8 Å². The lowest BCUT2D eigenvalue weighted by Gasteiger charge is -2.18. The predicted octanol–water partition coefficient (Wildman–Crippen LogP) is 5.93. The summed E-state index contributed by atoms with van der Waals surface area (Å²) in [6, 6.07) is 15.6. The van der Waals surface area contributed by atoms with Gasteiger partial charge in [0.05, 0.1) is 5.92 Å². The number of hydrogen-bond acceptors (Lipinski definition) is 1. The normalized spacial score (nSPS) is 24.6. The minimum Gasteiger partial charge on any atom is -0.481 e. The van der Waals surface area contributed by atoms with Gasteiger partial charge in [-0.15, -0.1) is 0 Å². The van der Waals surface area contributed by atoms with E-state index in [-0.39, 0.29) is 11.8 Å². The van der Waals surface area contributed by atoms with Gasteiger partial charge in [0.15, 0.2) is 0 Å². The Morgan fingerprint density at radius 2 is 1.40 bits per heavy atom. The zero-order valence-corrected chi connectivity index (χ0v) is 15.1. The lowest BCUT2D eigenvalue weighted by atomic mass is 9.86. The Morgan fingerprint density at radius 3 is 1.84 bits per heavy atom. The van der Waals surface area contributed by atoms with E-state index in [1.807, 2.05) is 48.5 Å². The number of aliphatic carboxylic acids is 1.